The third-order valence-electron chi connectivity index (χ3n) is 4.30. The van der Waals surface area contributed by atoms with Gasteiger partial charge >= 0.3 is 5.97 Å². The molecule has 0 saturated heterocycles. The maximum Gasteiger partial charge on any atom is 0.338 e. The molecule has 152 valence electrons. The molecule has 1 aliphatic rings. The van der Waals surface area contributed by atoms with E-state index in [4.69, 9.17) is 9.47 Å². The van der Waals surface area contributed by atoms with Crippen LogP contribution in [0.4, 0.5) is 0 Å². The summed E-state index contributed by atoms with van der Waals surface area (Å²) >= 11 is 1.29. The summed E-state index contributed by atoms with van der Waals surface area (Å²) in [6, 6.07) is 5.24. The van der Waals surface area contributed by atoms with Gasteiger partial charge in [-0.25, -0.2) is 22.9 Å². The number of sulfonamides is 1. The van der Waals surface area contributed by atoms with Crippen LogP contribution in [0.1, 0.15) is 28.9 Å². The van der Waals surface area contributed by atoms with Crippen molar-refractivity contribution in [1.29, 1.82) is 0 Å². The lowest BCUT2D eigenvalue weighted by Gasteiger charge is -2.12. The number of ether oxygens (including phenoxy) is 2. The fourth-order valence-electron chi connectivity index (χ4n) is 2.68. The number of aromatic nitrogens is 2. The van der Waals surface area contributed by atoms with Crippen molar-refractivity contribution in [2.45, 2.75) is 30.4 Å². The van der Waals surface area contributed by atoms with Gasteiger partial charge in [0.25, 0.3) is 5.56 Å². The van der Waals surface area contributed by atoms with Crippen molar-refractivity contribution in [2.75, 3.05) is 7.11 Å². The summed E-state index contributed by atoms with van der Waals surface area (Å²) in [5.74, 6) is -0.601. The van der Waals surface area contributed by atoms with E-state index in [1.807, 2.05) is 0 Å². The SMILES string of the molecule is COc1ccc(C(=O)OCc2cc(=O)n3ccsc3n2)cc1S(=O)(=O)NC1CC1. The molecule has 0 atom stereocenters. The minimum absolute atomic E-state index is 0.0518. The number of carbonyl (C=O) groups is 1. The van der Waals surface area contributed by atoms with Crippen molar-refractivity contribution >= 4 is 32.3 Å². The molecule has 2 aromatic heterocycles. The summed E-state index contributed by atoms with van der Waals surface area (Å²) in [4.78, 5) is 29.1. The molecule has 0 unspecified atom stereocenters. The number of rotatable bonds is 7. The summed E-state index contributed by atoms with van der Waals surface area (Å²) in [6.07, 6.45) is 3.18. The first-order valence-electron chi connectivity index (χ1n) is 8.70. The second-order valence-electron chi connectivity index (χ2n) is 6.48. The first kappa shape index (κ1) is 19.6. The van der Waals surface area contributed by atoms with Gasteiger partial charge in [0.2, 0.25) is 10.0 Å². The fourth-order valence-corrected chi connectivity index (χ4v) is 4.92. The second-order valence-corrected chi connectivity index (χ2v) is 9.03. The smallest absolute Gasteiger partial charge is 0.338 e. The van der Waals surface area contributed by atoms with Crippen LogP contribution in [-0.4, -0.2) is 36.9 Å². The molecule has 1 saturated carbocycles. The number of carbonyl (C=O) groups excluding carboxylic acids is 1. The molecule has 2 heterocycles. The van der Waals surface area contributed by atoms with E-state index in [-0.39, 0.29) is 34.4 Å². The number of benzene rings is 1. The van der Waals surface area contributed by atoms with Crippen LogP contribution in [0.25, 0.3) is 4.96 Å². The highest BCUT2D eigenvalue weighted by Gasteiger charge is 2.30. The van der Waals surface area contributed by atoms with Crippen molar-refractivity contribution in [3.05, 3.63) is 57.5 Å². The predicted molar refractivity (Wildman–Crippen MR) is 105 cm³/mol. The Morgan fingerprint density at radius 3 is 2.86 bits per heavy atom. The average molecular weight is 435 g/mol. The van der Waals surface area contributed by atoms with Crippen molar-refractivity contribution in [2.24, 2.45) is 0 Å². The predicted octanol–water partition coefficient (Wildman–Crippen LogP) is 1.56. The maximum absolute atomic E-state index is 12.6. The number of fused-ring (bicyclic) bond motifs is 1. The molecule has 0 amide bonds. The molecule has 0 bridgehead atoms. The summed E-state index contributed by atoms with van der Waals surface area (Å²) < 4.78 is 39.4. The van der Waals surface area contributed by atoms with E-state index < -0.39 is 16.0 Å². The minimum atomic E-state index is -3.82. The van der Waals surface area contributed by atoms with Crippen LogP contribution in [0, 0.1) is 0 Å². The summed E-state index contributed by atoms with van der Waals surface area (Å²) in [5.41, 5.74) is 0.0877. The number of esters is 1. The Morgan fingerprint density at radius 2 is 2.14 bits per heavy atom. The van der Waals surface area contributed by atoms with Gasteiger partial charge < -0.3 is 9.47 Å². The molecule has 1 fully saturated rings. The first-order chi connectivity index (χ1) is 13.9. The third kappa shape index (κ3) is 4.16. The Bertz CT molecular complexity index is 1240. The van der Waals surface area contributed by atoms with Crippen LogP contribution in [0.2, 0.25) is 0 Å². The Morgan fingerprint density at radius 1 is 1.34 bits per heavy atom. The zero-order chi connectivity index (χ0) is 20.6. The highest BCUT2D eigenvalue weighted by atomic mass is 32.2. The summed E-state index contributed by atoms with van der Waals surface area (Å²) in [5, 5.41) is 1.73. The largest absolute Gasteiger partial charge is 0.495 e. The van der Waals surface area contributed by atoms with Crippen LogP contribution in [0.5, 0.6) is 5.75 Å². The molecule has 11 heteroatoms. The zero-order valence-electron chi connectivity index (χ0n) is 15.3. The third-order valence-corrected chi connectivity index (χ3v) is 6.59. The molecule has 0 radical (unpaired) electrons. The molecule has 29 heavy (non-hydrogen) atoms. The van der Waals surface area contributed by atoms with Crippen LogP contribution in [0.3, 0.4) is 0 Å². The van der Waals surface area contributed by atoms with Gasteiger partial charge in [-0.3, -0.25) is 9.20 Å². The quantitative estimate of drug-likeness (QED) is 0.560. The number of methoxy groups -OCH3 is 1. The van der Waals surface area contributed by atoms with Crippen LogP contribution in [-0.2, 0) is 21.4 Å². The van der Waals surface area contributed by atoms with Crippen LogP contribution < -0.4 is 15.0 Å². The summed E-state index contributed by atoms with van der Waals surface area (Å²) in [7, 11) is -2.47. The molecule has 0 aliphatic heterocycles. The number of nitrogens with one attached hydrogen (secondary N) is 1. The standard InChI is InChI=1S/C18H17N3O6S2/c1-26-14-5-2-11(8-15(14)29(24,25)20-12-3-4-12)17(23)27-10-13-9-16(22)21-6-7-28-18(21)19-13/h2,5-9,12,20H,3-4,10H2,1H3. The van der Waals surface area contributed by atoms with Crippen LogP contribution in [0.15, 0.2) is 45.5 Å². The molecular formula is C18H17N3O6S2. The lowest BCUT2D eigenvalue weighted by Crippen LogP contribution is -2.26. The zero-order valence-corrected chi connectivity index (χ0v) is 17.0. The van der Waals surface area contributed by atoms with Gasteiger partial charge in [-0.05, 0) is 31.0 Å². The van der Waals surface area contributed by atoms with E-state index in [2.05, 4.69) is 9.71 Å². The van der Waals surface area contributed by atoms with Gasteiger partial charge in [0.05, 0.1) is 18.4 Å². The van der Waals surface area contributed by atoms with Crippen molar-refractivity contribution in [1.82, 2.24) is 14.1 Å². The van der Waals surface area contributed by atoms with E-state index in [1.54, 1.807) is 11.6 Å². The lowest BCUT2D eigenvalue weighted by atomic mass is 10.2. The Balaban J connectivity index is 1.54. The van der Waals surface area contributed by atoms with Crippen molar-refractivity contribution < 1.29 is 22.7 Å². The van der Waals surface area contributed by atoms with E-state index in [1.165, 1.54) is 47.1 Å². The molecule has 3 aromatic rings. The van der Waals surface area contributed by atoms with Gasteiger partial charge in [-0.1, -0.05) is 0 Å². The van der Waals surface area contributed by atoms with E-state index >= 15 is 0 Å². The minimum Gasteiger partial charge on any atom is -0.495 e. The number of hydrogen-bond acceptors (Lipinski definition) is 8. The maximum atomic E-state index is 12.6. The molecule has 1 aromatic carbocycles. The highest BCUT2D eigenvalue weighted by Crippen LogP contribution is 2.28. The second kappa shape index (κ2) is 7.58. The van der Waals surface area contributed by atoms with Crippen molar-refractivity contribution in [3.63, 3.8) is 0 Å². The van der Waals surface area contributed by atoms with Gasteiger partial charge in [0.1, 0.15) is 17.3 Å². The Hall–Kier alpha value is -2.76. The van der Waals surface area contributed by atoms with Crippen molar-refractivity contribution in [3.8, 4) is 5.75 Å². The molecule has 9 nitrogen and oxygen atoms in total. The van der Waals surface area contributed by atoms with Crippen LogP contribution >= 0.6 is 11.3 Å². The normalized spacial score (nSPS) is 14.1. The Kier molecular flexibility index (Phi) is 5.11. The first-order valence-corrected chi connectivity index (χ1v) is 11.1. The van der Waals surface area contributed by atoms with Gasteiger partial charge in [-0.2, -0.15) is 0 Å². The fraction of sp³-hybridized carbons (Fsp3) is 0.278. The monoisotopic (exact) mass is 435 g/mol. The molecule has 0 spiro atoms. The van der Waals surface area contributed by atoms with Gasteiger partial charge in [0, 0.05) is 23.7 Å². The molecular weight excluding hydrogens is 418 g/mol. The number of hydrogen-bond donors (Lipinski definition) is 1. The van der Waals surface area contributed by atoms with E-state index in [0.717, 1.165) is 12.8 Å². The number of thiazole rings is 1. The van der Waals surface area contributed by atoms with Gasteiger partial charge in [0.15, 0.2) is 4.96 Å². The van der Waals surface area contributed by atoms with Gasteiger partial charge in [-0.15, -0.1) is 11.3 Å². The molecule has 1 N–H and O–H groups in total. The topological polar surface area (TPSA) is 116 Å². The van der Waals surface area contributed by atoms with E-state index in [9.17, 15) is 18.0 Å². The molecule has 1 aliphatic carbocycles. The highest BCUT2D eigenvalue weighted by molar-refractivity contribution is 7.89. The number of nitrogens with zero attached hydrogens (tertiary/aromatic N) is 2. The lowest BCUT2D eigenvalue weighted by molar-refractivity contribution is 0.0467. The van der Waals surface area contributed by atoms with E-state index in [0.29, 0.717) is 10.7 Å². The Labute approximate surface area is 170 Å². The average Bonchev–Trinajstić information content (AvgIpc) is 3.36. The summed E-state index contributed by atoms with van der Waals surface area (Å²) in [6.45, 7) is -0.211. The molecule has 4 rings (SSSR count).